The summed E-state index contributed by atoms with van der Waals surface area (Å²) in [5.74, 6) is -1.47. The Morgan fingerprint density at radius 3 is 2.52 bits per heavy atom. The van der Waals surface area contributed by atoms with Crippen LogP contribution in [0.4, 0.5) is 4.39 Å². The molecule has 0 radical (unpaired) electrons. The Hall–Kier alpha value is -2.14. The van der Waals surface area contributed by atoms with Gasteiger partial charge in [-0.15, -0.1) is 0 Å². The molecule has 0 spiro atoms. The Morgan fingerprint density at radius 2 is 1.86 bits per heavy atom. The number of nitrogens with zero attached hydrogens (tertiary/aromatic N) is 1. The van der Waals surface area contributed by atoms with Gasteiger partial charge in [-0.1, -0.05) is 28.1 Å². The van der Waals surface area contributed by atoms with E-state index < -0.39 is 11.8 Å². The van der Waals surface area contributed by atoms with Gasteiger partial charge in [0, 0.05) is 22.6 Å². The summed E-state index contributed by atoms with van der Waals surface area (Å²) in [7, 11) is 0. The number of carboxylic acids is 1. The summed E-state index contributed by atoms with van der Waals surface area (Å²) >= 11 is 3.37. The first-order chi connectivity index (χ1) is 10.1. The summed E-state index contributed by atoms with van der Waals surface area (Å²) in [6.45, 7) is 0.487. The fourth-order valence-electron chi connectivity index (χ4n) is 2.38. The van der Waals surface area contributed by atoms with Crippen LogP contribution in [0.3, 0.4) is 0 Å². The van der Waals surface area contributed by atoms with Crippen molar-refractivity contribution in [2.75, 3.05) is 0 Å². The topological polar surface area (TPSA) is 42.2 Å². The molecule has 3 nitrogen and oxygen atoms in total. The summed E-state index contributed by atoms with van der Waals surface area (Å²) in [5.41, 5.74) is 1.52. The van der Waals surface area contributed by atoms with Gasteiger partial charge in [-0.25, -0.2) is 9.18 Å². The number of hydrogen-bond donors (Lipinski definition) is 1. The summed E-state index contributed by atoms with van der Waals surface area (Å²) in [4.78, 5) is 11.3. The maximum atomic E-state index is 13.8. The predicted molar refractivity (Wildman–Crippen MR) is 82.1 cm³/mol. The molecule has 0 aliphatic rings. The molecule has 3 aromatic rings. The van der Waals surface area contributed by atoms with E-state index in [0.717, 1.165) is 10.0 Å². The molecule has 0 amide bonds. The Balaban J connectivity index is 2.12. The third-order valence-corrected chi connectivity index (χ3v) is 3.90. The molecule has 5 heteroatoms. The van der Waals surface area contributed by atoms with Gasteiger partial charge in [0.05, 0.1) is 11.1 Å². The lowest BCUT2D eigenvalue weighted by molar-refractivity contribution is 0.0698. The molecule has 0 aliphatic carbocycles. The second-order valence-electron chi connectivity index (χ2n) is 4.73. The van der Waals surface area contributed by atoms with Crippen molar-refractivity contribution >= 4 is 32.8 Å². The first-order valence-electron chi connectivity index (χ1n) is 6.31. The van der Waals surface area contributed by atoms with E-state index in [-0.39, 0.29) is 5.56 Å². The van der Waals surface area contributed by atoms with Crippen LogP contribution in [0.5, 0.6) is 0 Å². The molecule has 1 aromatic heterocycles. The monoisotopic (exact) mass is 347 g/mol. The molecule has 0 saturated carbocycles. The minimum atomic E-state index is -1.06. The van der Waals surface area contributed by atoms with E-state index in [1.807, 2.05) is 24.3 Å². The molecule has 21 heavy (non-hydrogen) atoms. The van der Waals surface area contributed by atoms with Crippen LogP contribution >= 0.6 is 15.9 Å². The van der Waals surface area contributed by atoms with Gasteiger partial charge in [0.15, 0.2) is 0 Å². The first kappa shape index (κ1) is 13.8. The van der Waals surface area contributed by atoms with Gasteiger partial charge in [-0.3, -0.25) is 0 Å². The van der Waals surface area contributed by atoms with Crippen LogP contribution in [0.2, 0.25) is 0 Å². The Labute approximate surface area is 128 Å². The van der Waals surface area contributed by atoms with Crippen molar-refractivity contribution < 1.29 is 14.3 Å². The average molecular weight is 348 g/mol. The molecule has 0 atom stereocenters. The van der Waals surface area contributed by atoms with Crippen LogP contribution in [0.1, 0.15) is 15.9 Å². The standard InChI is InChI=1S/C16H11BrFNO2/c17-11-3-1-10(2-4-11)9-19-8-7-12-14(18)6-5-13(15(12)19)16(20)21/h1-8H,9H2,(H,20,21). The molecular formula is C16H11BrFNO2. The van der Waals surface area contributed by atoms with Crippen LogP contribution in [0.15, 0.2) is 53.1 Å². The van der Waals surface area contributed by atoms with Crippen molar-refractivity contribution in [3.8, 4) is 0 Å². The van der Waals surface area contributed by atoms with E-state index in [4.69, 9.17) is 0 Å². The van der Waals surface area contributed by atoms with Crippen molar-refractivity contribution in [1.82, 2.24) is 4.57 Å². The van der Waals surface area contributed by atoms with Crippen LogP contribution in [-0.4, -0.2) is 15.6 Å². The quantitative estimate of drug-likeness (QED) is 0.767. The molecular weight excluding hydrogens is 337 g/mol. The molecule has 0 unspecified atom stereocenters. The Kier molecular flexibility index (Phi) is 3.51. The first-order valence-corrected chi connectivity index (χ1v) is 7.10. The van der Waals surface area contributed by atoms with Crippen LogP contribution < -0.4 is 0 Å². The van der Waals surface area contributed by atoms with E-state index in [1.54, 1.807) is 16.8 Å². The number of benzene rings is 2. The van der Waals surface area contributed by atoms with E-state index in [9.17, 15) is 14.3 Å². The zero-order valence-corrected chi connectivity index (χ0v) is 12.5. The highest BCUT2D eigenvalue weighted by Crippen LogP contribution is 2.24. The molecule has 1 N–H and O–H groups in total. The van der Waals surface area contributed by atoms with Gasteiger partial charge in [0.25, 0.3) is 0 Å². The number of carboxylic acid groups (broad SMARTS) is 1. The summed E-state index contributed by atoms with van der Waals surface area (Å²) in [6.07, 6.45) is 1.71. The summed E-state index contributed by atoms with van der Waals surface area (Å²) < 4.78 is 16.6. The van der Waals surface area contributed by atoms with Crippen molar-refractivity contribution in [3.63, 3.8) is 0 Å². The summed E-state index contributed by atoms with van der Waals surface area (Å²) in [6, 6.07) is 11.8. The fourth-order valence-corrected chi connectivity index (χ4v) is 2.65. The molecule has 2 aromatic carbocycles. The second-order valence-corrected chi connectivity index (χ2v) is 5.65. The van der Waals surface area contributed by atoms with E-state index >= 15 is 0 Å². The number of carbonyl (C=O) groups is 1. The van der Waals surface area contributed by atoms with Crippen molar-refractivity contribution in [2.45, 2.75) is 6.54 Å². The van der Waals surface area contributed by atoms with Crippen molar-refractivity contribution in [3.05, 3.63) is 70.1 Å². The minimum Gasteiger partial charge on any atom is -0.478 e. The van der Waals surface area contributed by atoms with E-state index in [1.165, 1.54) is 12.1 Å². The lowest BCUT2D eigenvalue weighted by atomic mass is 10.1. The van der Waals surface area contributed by atoms with Crippen LogP contribution in [0, 0.1) is 5.82 Å². The van der Waals surface area contributed by atoms with E-state index in [0.29, 0.717) is 17.4 Å². The smallest absolute Gasteiger partial charge is 0.337 e. The predicted octanol–water partition coefficient (Wildman–Crippen LogP) is 4.29. The molecule has 0 saturated heterocycles. The van der Waals surface area contributed by atoms with Gasteiger partial charge in [-0.2, -0.15) is 0 Å². The normalized spacial score (nSPS) is 11.0. The molecule has 0 aliphatic heterocycles. The highest BCUT2D eigenvalue weighted by molar-refractivity contribution is 9.10. The van der Waals surface area contributed by atoms with Crippen molar-refractivity contribution in [2.24, 2.45) is 0 Å². The highest BCUT2D eigenvalue weighted by Gasteiger charge is 2.15. The Bertz CT molecular complexity index is 824. The van der Waals surface area contributed by atoms with Crippen LogP contribution in [0.25, 0.3) is 10.9 Å². The van der Waals surface area contributed by atoms with Gasteiger partial charge >= 0.3 is 5.97 Å². The average Bonchev–Trinajstić information content (AvgIpc) is 2.86. The van der Waals surface area contributed by atoms with Crippen LogP contribution in [-0.2, 0) is 6.54 Å². The van der Waals surface area contributed by atoms with E-state index in [2.05, 4.69) is 15.9 Å². The van der Waals surface area contributed by atoms with Gasteiger partial charge in [0.2, 0.25) is 0 Å². The van der Waals surface area contributed by atoms with Gasteiger partial charge in [-0.05, 0) is 35.9 Å². The SMILES string of the molecule is O=C(O)c1ccc(F)c2ccn(Cc3ccc(Br)cc3)c12. The lowest BCUT2D eigenvalue weighted by Gasteiger charge is -2.08. The molecule has 0 fully saturated rings. The van der Waals surface area contributed by atoms with Gasteiger partial charge in [0.1, 0.15) is 5.82 Å². The number of hydrogen-bond acceptors (Lipinski definition) is 1. The maximum Gasteiger partial charge on any atom is 0.337 e. The minimum absolute atomic E-state index is 0.105. The maximum absolute atomic E-state index is 13.8. The molecule has 0 bridgehead atoms. The molecule has 106 valence electrons. The fraction of sp³-hybridized carbons (Fsp3) is 0.0625. The zero-order chi connectivity index (χ0) is 15.0. The number of rotatable bonds is 3. The zero-order valence-electron chi connectivity index (χ0n) is 10.9. The largest absolute Gasteiger partial charge is 0.478 e. The molecule has 3 rings (SSSR count). The third kappa shape index (κ3) is 2.56. The summed E-state index contributed by atoms with van der Waals surface area (Å²) in [5, 5.41) is 9.60. The number of fused-ring (bicyclic) bond motifs is 1. The highest BCUT2D eigenvalue weighted by atomic mass is 79.9. The van der Waals surface area contributed by atoms with Crippen molar-refractivity contribution in [1.29, 1.82) is 0 Å². The number of aromatic carboxylic acids is 1. The van der Waals surface area contributed by atoms with Gasteiger partial charge < -0.3 is 9.67 Å². The third-order valence-electron chi connectivity index (χ3n) is 3.37. The second kappa shape index (κ2) is 5.33. The number of aromatic nitrogens is 1. The lowest BCUT2D eigenvalue weighted by Crippen LogP contribution is -2.04. The molecule has 1 heterocycles. The Morgan fingerprint density at radius 1 is 1.14 bits per heavy atom. The number of halogens is 2.